The first-order valence-electron chi connectivity index (χ1n) is 7.15. The van der Waals surface area contributed by atoms with E-state index in [1.165, 1.54) is 5.56 Å². The van der Waals surface area contributed by atoms with E-state index < -0.39 is 0 Å². The van der Waals surface area contributed by atoms with Crippen molar-refractivity contribution in [3.05, 3.63) is 70.3 Å². The van der Waals surface area contributed by atoms with Crippen LogP contribution in [0, 0.1) is 0 Å². The molecule has 4 heteroatoms. The van der Waals surface area contributed by atoms with Crippen molar-refractivity contribution in [2.24, 2.45) is 0 Å². The van der Waals surface area contributed by atoms with Crippen molar-refractivity contribution in [1.82, 2.24) is 4.90 Å². The number of hydrogen-bond acceptors (Lipinski definition) is 2. The van der Waals surface area contributed by atoms with Crippen molar-refractivity contribution in [2.45, 2.75) is 13.0 Å². The molecule has 0 bridgehead atoms. The summed E-state index contributed by atoms with van der Waals surface area (Å²) in [6.45, 7) is 1.29. The molecule has 0 aliphatic carbocycles. The minimum Gasteiger partial charge on any atom is -0.508 e. The largest absolute Gasteiger partial charge is 0.508 e. The molecular weight excluding hydrogens is 298 g/mol. The number of rotatable bonds is 2. The van der Waals surface area contributed by atoms with Gasteiger partial charge in [-0.15, -0.1) is 0 Å². The first-order chi connectivity index (χ1) is 10.6. The third kappa shape index (κ3) is 3.31. The number of carbonyl (C=O) groups excluding carboxylic acids is 1. The quantitative estimate of drug-likeness (QED) is 0.860. The Balaban J connectivity index is 1.71. The van der Waals surface area contributed by atoms with Crippen LogP contribution in [0.15, 0.2) is 48.5 Å². The van der Waals surface area contributed by atoms with Gasteiger partial charge in [0.05, 0.1) is 0 Å². The molecule has 1 N–H and O–H groups in total. The summed E-state index contributed by atoms with van der Waals surface area (Å²) in [7, 11) is 0. The molecule has 3 rings (SSSR count). The molecule has 0 atom stereocenters. The van der Waals surface area contributed by atoms with Crippen LogP contribution in [0.4, 0.5) is 0 Å². The Hall–Kier alpha value is -2.26. The molecule has 22 heavy (non-hydrogen) atoms. The summed E-state index contributed by atoms with van der Waals surface area (Å²) in [6.07, 6.45) is 4.11. The van der Waals surface area contributed by atoms with Gasteiger partial charge in [0, 0.05) is 24.2 Å². The average Bonchev–Trinajstić information content (AvgIpc) is 2.52. The Morgan fingerprint density at radius 2 is 2.05 bits per heavy atom. The van der Waals surface area contributed by atoms with Gasteiger partial charge in [-0.1, -0.05) is 29.8 Å². The molecule has 112 valence electrons. The zero-order valence-electron chi connectivity index (χ0n) is 12.0. The zero-order valence-corrected chi connectivity index (χ0v) is 12.8. The van der Waals surface area contributed by atoms with Crippen LogP contribution >= 0.6 is 11.6 Å². The maximum Gasteiger partial charge on any atom is 0.246 e. The van der Waals surface area contributed by atoms with Gasteiger partial charge in [-0.2, -0.15) is 0 Å². The predicted molar refractivity (Wildman–Crippen MR) is 87.7 cm³/mol. The second kappa shape index (κ2) is 6.24. The van der Waals surface area contributed by atoms with Crippen LogP contribution in [-0.2, 0) is 17.8 Å². The van der Waals surface area contributed by atoms with Crippen molar-refractivity contribution < 1.29 is 9.90 Å². The molecule has 0 saturated carbocycles. The second-order valence-corrected chi connectivity index (χ2v) is 5.79. The van der Waals surface area contributed by atoms with Gasteiger partial charge in [0.1, 0.15) is 5.75 Å². The monoisotopic (exact) mass is 313 g/mol. The third-order valence-electron chi connectivity index (χ3n) is 3.78. The number of nitrogens with zero attached hydrogens (tertiary/aromatic N) is 1. The van der Waals surface area contributed by atoms with Crippen molar-refractivity contribution in [2.75, 3.05) is 6.54 Å². The van der Waals surface area contributed by atoms with Gasteiger partial charge in [0.15, 0.2) is 0 Å². The number of phenolic OH excluding ortho intramolecular Hbond substituents is 1. The molecule has 0 aromatic heterocycles. The van der Waals surface area contributed by atoms with E-state index in [0.29, 0.717) is 18.1 Å². The molecule has 1 heterocycles. The van der Waals surface area contributed by atoms with Crippen molar-refractivity contribution in [3.8, 4) is 5.75 Å². The molecular formula is C18H16ClNO2. The van der Waals surface area contributed by atoms with Gasteiger partial charge in [0.2, 0.25) is 5.91 Å². The molecule has 2 aromatic carbocycles. The van der Waals surface area contributed by atoms with Gasteiger partial charge in [-0.25, -0.2) is 0 Å². The van der Waals surface area contributed by atoms with E-state index in [0.717, 1.165) is 17.5 Å². The van der Waals surface area contributed by atoms with Crippen LogP contribution in [0.25, 0.3) is 6.08 Å². The van der Waals surface area contributed by atoms with E-state index in [4.69, 9.17) is 11.6 Å². The molecule has 2 aromatic rings. The van der Waals surface area contributed by atoms with Crippen LogP contribution in [-0.4, -0.2) is 22.5 Å². The number of phenols is 1. The molecule has 1 aliphatic heterocycles. The zero-order chi connectivity index (χ0) is 15.5. The number of carbonyl (C=O) groups is 1. The summed E-state index contributed by atoms with van der Waals surface area (Å²) in [6, 6.07) is 12.7. The van der Waals surface area contributed by atoms with Crippen LogP contribution < -0.4 is 0 Å². The smallest absolute Gasteiger partial charge is 0.246 e. The minimum absolute atomic E-state index is 0.0334. The first kappa shape index (κ1) is 14.7. The molecule has 1 amide bonds. The molecule has 3 nitrogen and oxygen atoms in total. The number of halogens is 1. The lowest BCUT2D eigenvalue weighted by Crippen LogP contribution is -2.34. The number of benzene rings is 2. The summed E-state index contributed by atoms with van der Waals surface area (Å²) in [5, 5.41) is 10.1. The summed E-state index contributed by atoms with van der Waals surface area (Å²) < 4.78 is 0. The molecule has 0 spiro atoms. The molecule has 0 fully saturated rings. The highest BCUT2D eigenvalue weighted by Gasteiger charge is 2.19. The van der Waals surface area contributed by atoms with E-state index in [1.807, 2.05) is 24.3 Å². The number of aromatic hydroxyl groups is 1. The Morgan fingerprint density at radius 1 is 1.18 bits per heavy atom. The summed E-state index contributed by atoms with van der Waals surface area (Å²) in [5.41, 5.74) is 3.16. The topological polar surface area (TPSA) is 40.5 Å². The molecule has 0 unspecified atom stereocenters. The normalized spacial score (nSPS) is 14.1. The highest BCUT2D eigenvalue weighted by atomic mass is 35.5. The van der Waals surface area contributed by atoms with Crippen LogP contribution in [0.1, 0.15) is 16.7 Å². The lowest BCUT2D eigenvalue weighted by Gasteiger charge is -2.28. The van der Waals surface area contributed by atoms with Gasteiger partial charge in [-0.05, 0) is 53.5 Å². The summed E-state index contributed by atoms with van der Waals surface area (Å²) in [4.78, 5) is 14.1. The van der Waals surface area contributed by atoms with Gasteiger partial charge < -0.3 is 10.0 Å². The van der Waals surface area contributed by atoms with E-state index in [2.05, 4.69) is 0 Å². The standard InChI is InChI=1S/C18H16ClNO2/c19-16-6-5-14-8-9-20(12-15(14)11-16)18(22)7-4-13-2-1-3-17(21)10-13/h1-7,10-11,21H,8-9,12H2/b7-4+. The van der Waals surface area contributed by atoms with Gasteiger partial charge >= 0.3 is 0 Å². The number of amides is 1. The fourth-order valence-electron chi connectivity index (χ4n) is 2.62. The lowest BCUT2D eigenvalue weighted by atomic mass is 10.00. The van der Waals surface area contributed by atoms with Crippen LogP contribution in [0.2, 0.25) is 5.02 Å². The maximum atomic E-state index is 12.3. The van der Waals surface area contributed by atoms with Crippen LogP contribution in [0.5, 0.6) is 5.75 Å². The second-order valence-electron chi connectivity index (χ2n) is 5.35. The Bertz CT molecular complexity index is 740. The predicted octanol–water partition coefficient (Wildman–Crippen LogP) is 3.64. The van der Waals surface area contributed by atoms with E-state index >= 15 is 0 Å². The Morgan fingerprint density at radius 3 is 2.86 bits per heavy atom. The van der Waals surface area contributed by atoms with Gasteiger partial charge in [0.25, 0.3) is 0 Å². The lowest BCUT2D eigenvalue weighted by molar-refractivity contribution is -0.126. The highest BCUT2D eigenvalue weighted by molar-refractivity contribution is 6.30. The number of hydrogen-bond donors (Lipinski definition) is 1. The fraction of sp³-hybridized carbons (Fsp3) is 0.167. The Labute approximate surface area is 134 Å². The van der Waals surface area contributed by atoms with E-state index in [-0.39, 0.29) is 11.7 Å². The van der Waals surface area contributed by atoms with E-state index in [1.54, 1.807) is 35.3 Å². The molecule has 0 radical (unpaired) electrons. The molecule has 0 saturated heterocycles. The highest BCUT2D eigenvalue weighted by Crippen LogP contribution is 2.23. The van der Waals surface area contributed by atoms with Crippen molar-refractivity contribution in [1.29, 1.82) is 0 Å². The average molecular weight is 314 g/mol. The van der Waals surface area contributed by atoms with Gasteiger partial charge in [-0.3, -0.25) is 4.79 Å². The van der Waals surface area contributed by atoms with Crippen LogP contribution in [0.3, 0.4) is 0 Å². The number of fused-ring (bicyclic) bond motifs is 1. The SMILES string of the molecule is O=C(/C=C/c1cccc(O)c1)N1CCc2ccc(Cl)cc2C1. The third-order valence-corrected chi connectivity index (χ3v) is 4.02. The fourth-order valence-corrected chi connectivity index (χ4v) is 2.81. The Kier molecular flexibility index (Phi) is 4.16. The minimum atomic E-state index is -0.0334. The first-order valence-corrected chi connectivity index (χ1v) is 7.53. The molecule has 1 aliphatic rings. The van der Waals surface area contributed by atoms with E-state index in [9.17, 15) is 9.90 Å². The summed E-state index contributed by atoms with van der Waals surface area (Å²) >= 11 is 6.02. The van der Waals surface area contributed by atoms with Crippen molar-refractivity contribution in [3.63, 3.8) is 0 Å². The maximum absolute atomic E-state index is 12.3. The van der Waals surface area contributed by atoms with Crippen molar-refractivity contribution >= 4 is 23.6 Å². The summed E-state index contributed by atoms with van der Waals surface area (Å²) in [5.74, 6) is 0.158.